The average Bonchev–Trinajstić information content (AvgIpc) is 2.37. The molecule has 3 heteroatoms. The van der Waals surface area contributed by atoms with Gasteiger partial charge in [-0.2, -0.15) is 0 Å². The van der Waals surface area contributed by atoms with Gasteiger partial charge in [0.15, 0.2) is 0 Å². The van der Waals surface area contributed by atoms with Crippen LogP contribution in [-0.2, 0) is 0 Å². The minimum Gasteiger partial charge on any atom is -0.314 e. The largest absolute Gasteiger partial charge is 0.314 e. The fourth-order valence-corrected chi connectivity index (χ4v) is 2.73. The van der Waals surface area contributed by atoms with E-state index < -0.39 is 0 Å². The molecule has 1 aliphatic heterocycles. The smallest absolute Gasteiger partial charge is 0.0110 e. The first-order chi connectivity index (χ1) is 8.76. The van der Waals surface area contributed by atoms with E-state index in [0.29, 0.717) is 0 Å². The summed E-state index contributed by atoms with van der Waals surface area (Å²) in [7, 11) is 2.22. The average molecular weight is 255 g/mol. The van der Waals surface area contributed by atoms with Gasteiger partial charge < -0.3 is 15.1 Å². The van der Waals surface area contributed by atoms with Gasteiger partial charge in [0.2, 0.25) is 0 Å². The third kappa shape index (κ3) is 6.72. The lowest BCUT2D eigenvalue weighted by Crippen LogP contribution is -2.45. The van der Waals surface area contributed by atoms with Gasteiger partial charge in [-0.25, -0.2) is 0 Å². The Balaban J connectivity index is 2.02. The van der Waals surface area contributed by atoms with E-state index in [9.17, 15) is 0 Å². The molecule has 3 nitrogen and oxygen atoms in total. The Morgan fingerprint density at radius 2 is 1.61 bits per heavy atom. The van der Waals surface area contributed by atoms with Crippen LogP contribution in [-0.4, -0.2) is 62.2 Å². The van der Waals surface area contributed by atoms with Crippen molar-refractivity contribution in [2.45, 2.75) is 52.0 Å². The first-order valence-corrected chi connectivity index (χ1v) is 7.90. The highest BCUT2D eigenvalue weighted by Gasteiger charge is 2.13. The lowest BCUT2D eigenvalue weighted by molar-refractivity contribution is 0.152. The summed E-state index contributed by atoms with van der Waals surface area (Å²) in [6, 6.07) is 0.757. The number of hydrogen-bond acceptors (Lipinski definition) is 3. The van der Waals surface area contributed by atoms with Crippen molar-refractivity contribution < 1.29 is 0 Å². The highest BCUT2D eigenvalue weighted by Crippen LogP contribution is 2.05. The zero-order valence-corrected chi connectivity index (χ0v) is 12.7. The van der Waals surface area contributed by atoms with Crippen molar-refractivity contribution in [2.24, 2.45) is 0 Å². The van der Waals surface area contributed by atoms with Crippen LogP contribution in [0, 0.1) is 0 Å². The third-order valence-electron chi connectivity index (χ3n) is 3.95. The number of hydrogen-bond donors (Lipinski definition) is 1. The summed E-state index contributed by atoms with van der Waals surface area (Å²) in [5.74, 6) is 0. The van der Waals surface area contributed by atoms with Crippen molar-refractivity contribution in [1.82, 2.24) is 15.1 Å². The van der Waals surface area contributed by atoms with Crippen molar-refractivity contribution in [3.63, 3.8) is 0 Å². The van der Waals surface area contributed by atoms with Crippen LogP contribution in [0.2, 0.25) is 0 Å². The number of likely N-dealkylation sites (N-methyl/N-ethyl adjacent to an activating group) is 1. The molecule has 0 bridgehead atoms. The molecule has 1 rings (SSSR count). The Morgan fingerprint density at radius 1 is 1.00 bits per heavy atom. The van der Waals surface area contributed by atoms with Crippen LogP contribution in [0.1, 0.15) is 46.0 Å². The Bertz CT molecular complexity index is 182. The standard InChI is InChI=1S/C15H33N3/c1-4-7-15(8-5-2)16-9-6-10-18-13-11-17(3)12-14-18/h15-16H,4-14H2,1-3H3. The monoisotopic (exact) mass is 255 g/mol. The molecule has 1 heterocycles. The summed E-state index contributed by atoms with van der Waals surface area (Å²) >= 11 is 0. The Labute approximate surface area is 114 Å². The van der Waals surface area contributed by atoms with E-state index in [-0.39, 0.29) is 0 Å². The SMILES string of the molecule is CCCC(CCC)NCCCN1CCN(C)CC1. The molecule has 0 unspecified atom stereocenters. The minimum absolute atomic E-state index is 0.757. The number of nitrogens with one attached hydrogen (secondary N) is 1. The molecule has 1 fully saturated rings. The maximum Gasteiger partial charge on any atom is 0.0110 e. The summed E-state index contributed by atoms with van der Waals surface area (Å²) < 4.78 is 0. The quantitative estimate of drug-likeness (QED) is 0.637. The minimum atomic E-state index is 0.757. The van der Waals surface area contributed by atoms with Gasteiger partial charge in [-0.15, -0.1) is 0 Å². The molecule has 0 atom stereocenters. The van der Waals surface area contributed by atoms with E-state index in [2.05, 4.69) is 36.0 Å². The molecule has 0 aromatic rings. The van der Waals surface area contributed by atoms with E-state index in [1.807, 2.05) is 0 Å². The predicted molar refractivity (Wildman–Crippen MR) is 80.2 cm³/mol. The lowest BCUT2D eigenvalue weighted by atomic mass is 10.1. The van der Waals surface area contributed by atoms with Crippen LogP contribution < -0.4 is 5.32 Å². The lowest BCUT2D eigenvalue weighted by Gasteiger charge is -2.32. The second-order valence-corrected chi connectivity index (χ2v) is 5.73. The molecular formula is C15H33N3. The van der Waals surface area contributed by atoms with Gasteiger partial charge >= 0.3 is 0 Å². The van der Waals surface area contributed by atoms with Gasteiger partial charge in [0.05, 0.1) is 0 Å². The highest BCUT2D eigenvalue weighted by atomic mass is 15.2. The van der Waals surface area contributed by atoms with Crippen LogP contribution in [0.4, 0.5) is 0 Å². The summed E-state index contributed by atoms with van der Waals surface area (Å²) in [4.78, 5) is 5.03. The number of piperazine rings is 1. The molecule has 0 aromatic carbocycles. The zero-order chi connectivity index (χ0) is 13.2. The zero-order valence-electron chi connectivity index (χ0n) is 12.7. The van der Waals surface area contributed by atoms with Crippen molar-refractivity contribution in [2.75, 3.05) is 46.3 Å². The molecule has 1 saturated heterocycles. The second kappa shape index (κ2) is 9.76. The number of nitrogens with zero attached hydrogens (tertiary/aromatic N) is 2. The van der Waals surface area contributed by atoms with Gasteiger partial charge in [-0.05, 0) is 39.4 Å². The van der Waals surface area contributed by atoms with Gasteiger partial charge in [0, 0.05) is 32.2 Å². The normalized spacial score (nSPS) is 18.7. The summed E-state index contributed by atoms with van der Waals surface area (Å²) in [5.41, 5.74) is 0. The van der Waals surface area contributed by atoms with Crippen LogP contribution in [0.25, 0.3) is 0 Å². The molecule has 0 radical (unpaired) electrons. The van der Waals surface area contributed by atoms with Crippen LogP contribution >= 0.6 is 0 Å². The summed E-state index contributed by atoms with van der Waals surface area (Å²) in [6.45, 7) is 12.0. The van der Waals surface area contributed by atoms with E-state index >= 15 is 0 Å². The molecule has 0 aromatic heterocycles. The molecule has 0 spiro atoms. The van der Waals surface area contributed by atoms with Gasteiger partial charge in [-0.3, -0.25) is 0 Å². The fourth-order valence-electron chi connectivity index (χ4n) is 2.73. The Kier molecular flexibility index (Phi) is 8.64. The van der Waals surface area contributed by atoms with Crippen molar-refractivity contribution in [3.05, 3.63) is 0 Å². The maximum atomic E-state index is 3.73. The summed E-state index contributed by atoms with van der Waals surface area (Å²) in [6.07, 6.45) is 6.57. The molecule has 108 valence electrons. The molecular weight excluding hydrogens is 222 g/mol. The molecule has 1 aliphatic rings. The van der Waals surface area contributed by atoms with Gasteiger partial charge in [-0.1, -0.05) is 26.7 Å². The van der Waals surface area contributed by atoms with Gasteiger partial charge in [0.25, 0.3) is 0 Å². The molecule has 1 N–H and O–H groups in total. The summed E-state index contributed by atoms with van der Waals surface area (Å²) in [5, 5.41) is 3.73. The molecule has 0 saturated carbocycles. The molecule has 0 aliphatic carbocycles. The van der Waals surface area contributed by atoms with Crippen LogP contribution in [0.3, 0.4) is 0 Å². The van der Waals surface area contributed by atoms with Crippen molar-refractivity contribution in [1.29, 1.82) is 0 Å². The maximum absolute atomic E-state index is 3.73. The number of rotatable bonds is 9. The highest BCUT2D eigenvalue weighted by molar-refractivity contribution is 4.70. The van der Waals surface area contributed by atoms with E-state index in [0.717, 1.165) is 6.04 Å². The van der Waals surface area contributed by atoms with Crippen LogP contribution in [0.15, 0.2) is 0 Å². The van der Waals surface area contributed by atoms with Crippen LogP contribution in [0.5, 0.6) is 0 Å². The van der Waals surface area contributed by atoms with E-state index in [1.54, 1.807) is 0 Å². The molecule has 18 heavy (non-hydrogen) atoms. The molecule has 0 amide bonds. The van der Waals surface area contributed by atoms with E-state index in [4.69, 9.17) is 0 Å². The van der Waals surface area contributed by atoms with Crippen molar-refractivity contribution in [3.8, 4) is 0 Å². The Morgan fingerprint density at radius 3 is 2.17 bits per heavy atom. The first kappa shape index (κ1) is 15.9. The fraction of sp³-hybridized carbons (Fsp3) is 1.00. The topological polar surface area (TPSA) is 18.5 Å². The Hall–Kier alpha value is -0.120. The first-order valence-electron chi connectivity index (χ1n) is 7.90. The van der Waals surface area contributed by atoms with Crippen molar-refractivity contribution >= 4 is 0 Å². The van der Waals surface area contributed by atoms with Gasteiger partial charge in [0.1, 0.15) is 0 Å². The third-order valence-corrected chi connectivity index (χ3v) is 3.95. The predicted octanol–water partition coefficient (Wildman–Crippen LogP) is 2.18. The second-order valence-electron chi connectivity index (χ2n) is 5.73. The van der Waals surface area contributed by atoms with E-state index in [1.165, 1.54) is 71.4 Å².